The molecule has 7 heteroatoms. The third kappa shape index (κ3) is 2.28. The van der Waals surface area contributed by atoms with Gasteiger partial charge in [-0.05, 0) is 25.0 Å². The summed E-state index contributed by atoms with van der Waals surface area (Å²) in [4.78, 5) is 10.8. The zero-order valence-corrected chi connectivity index (χ0v) is 13.6. The molecule has 1 aromatic carbocycles. The summed E-state index contributed by atoms with van der Waals surface area (Å²) in [6.07, 6.45) is 7.41. The molecule has 0 N–H and O–H groups in total. The highest BCUT2D eigenvalue weighted by Crippen LogP contribution is 2.38. The Hall–Kier alpha value is -2.70. The largest absolute Gasteiger partial charge is 0.494 e. The fourth-order valence-corrected chi connectivity index (χ4v) is 3.43. The zero-order valence-electron chi connectivity index (χ0n) is 13.6. The Morgan fingerprint density at radius 1 is 1.29 bits per heavy atom. The summed E-state index contributed by atoms with van der Waals surface area (Å²) in [5.74, 6) is 0.501. The Bertz CT molecular complexity index is 894. The van der Waals surface area contributed by atoms with Crippen LogP contribution in [-0.4, -0.2) is 33.4 Å². The van der Waals surface area contributed by atoms with Gasteiger partial charge in [-0.2, -0.15) is 5.10 Å². The average Bonchev–Trinajstić information content (AvgIpc) is 3.23. The molecule has 4 rings (SSSR count). The minimum atomic E-state index is -0.448. The molecule has 1 saturated heterocycles. The summed E-state index contributed by atoms with van der Waals surface area (Å²) in [5, 5.41) is 4.97. The number of halogens is 1. The summed E-state index contributed by atoms with van der Waals surface area (Å²) in [6, 6.07) is 3.65. The maximum Gasteiger partial charge on any atom is 0.191 e. The molecule has 1 unspecified atom stereocenters. The first-order chi connectivity index (χ1) is 11.7. The Morgan fingerprint density at radius 2 is 2.17 bits per heavy atom. The summed E-state index contributed by atoms with van der Waals surface area (Å²) >= 11 is 0. The van der Waals surface area contributed by atoms with E-state index in [0.717, 1.165) is 30.8 Å². The van der Waals surface area contributed by atoms with Crippen molar-refractivity contribution in [2.75, 3.05) is 18.6 Å². The Labute approximate surface area is 138 Å². The lowest BCUT2D eigenvalue weighted by atomic mass is 10.1. The summed E-state index contributed by atoms with van der Waals surface area (Å²) in [5.41, 5.74) is 1.44. The van der Waals surface area contributed by atoms with Gasteiger partial charge in [0.25, 0.3) is 0 Å². The summed E-state index contributed by atoms with van der Waals surface area (Å²) < 4.78 is 21.4. The molecule has 1 aliphatic heterocycles. The standard InChI is InChI=1S/C17H18FN5O/c1-22-9-11(8-21-22)13-4-3-7-23(13)17-12-5-6-14(24-2)15(18)16(12)19-10-20-17/h5-6,8-10,13H,3-4,7H2,1-2H3. The number of aromatic nitrogens is 4. The number of aryl methyl sites for hydroxylation is 1. The fourth-order valence-electron chi connectivity index (χ4n) is 3.43. The Balaban J connectivity index is 1.82. The second-order valence-corrected chi connectivity index (χ2v) is 5.97. The minimum Gasteiger partial charge on any atom is -0.494 e. The van der Waals surface area contributed by atoms with Gasteiger partial charge in [-0.25, -0.2) is 14.4 Å². The molecular formula is C17H18FN5O. The minimum absolute atomic E-state index is 0.192. The molecule has 124 valence electrons. The zero-order chi connectivity index (χ0) is 16.7. The van der Waals surface area contributed by atoms with E-state index in [1.54, 1.807) is 10.7 Å². The lowest BCUT2D eigenvalue weighted by Gasteiger charge is -2.26. The van der Waals surface area contributed by atoms with Crippen molar-refractivity contribution in [3.05, 3.63) is 42.2 Å². The van der Waals surface area contributed by atoms with Crippen LogP contribution in [0.3, 0.4) is 0 Å². The molecule has 1 atom stereocenters. The predicted molar refractivity (Wildman–Crippen MR) is 88.6 cm³/mol. The van der Waals surface area contributed by atoms with Crippen molar-refractivity contribution >= 4 is 16.7 Å². The van der Waals surface area contributed by atoms with Gasteiger partial charge in [-0.15, -0.1) is 0 Å². The van der Waals surface area contributed by atoms with Crippen LogP contribution in [0.5, 0.6) is 5.75 Å². The fraction of sp³-hybridized carbons (Fsp3) is 0.353. The Kier molecular flexibility index (Phi) is 3.55. The van der Waals surface area contributed by atoms with E-state index in [0.29, 0.717) is 5.39 Å². The van der Waals surface area contributed by atoms with Gasteiger partial charge in [0.2, 0.25) is 0 Å². The maximum absolute atomic E-state index is 14.5. The molecule has 0 amide bonds. The van der Waals surface area contributed by atoms with E-state index in [4.69, 9.17) is 4.74 Å². The molecule has 0 aliphatic carbocycles. The molecule has 2 aromatic heterocycles. The van der Waals surface area contributed by atoms with Crippen LogP contribution >= 0.6 is 0 Å². The van der Waals surface area contributed by atoms with Crippen molar-refractivity contribution in [3.63, 3.8) is 0 Å². The number of hydrogen-bond donors (Lipinski definition) is 0. The monoisotopic (exact) mass is 327 g/mol. The van der Waals surface area contributed by atoms with Crippen molar-refractivity contribution in [3.8, 4) is 5.75 Å². The van der Waals surface area contributed by atoms with Gasteiger partial charge in [-0.3, -0.25) is 4.68 Å². The van der Waals surface area contributed by atoms with Crippen molar-refractivity contribution in [1.29, 1.82) is 0 Å². The van der Waals surface area contributed by atoms with Crippen molar-refractivity contribution < 1.29 is 9.13 Å². The quantitative estimate of drug-likeness (QED) is 0.740. The van der Waals surface area contributed by atoms with Gasteiger partial charge in [0.05, 0.1) is 19.3 Å². The van der Waals surface area contributed by atoms with E-state index in [1.807, 2.05) is 25.5 Å². The van der Waals surface area contributed by atoms with E-state index in [2.05, 4.69) is 20.0 Å². The SMILES string of the molecule is COc1ccc2c(N3CCCC3c3cnn(C)c3)ncnc2c1F. The molecule has 3 heterocycles. The lowest BCUT2D eigenvalue weighted by Crippen LogP contribution is -2.23. The van der Waals surface area contributed by atoms with Gasteiger partial charge in [0.1, 0.15) is 17.7 Å². The molecular weight excluding hydrogens is 309 g/mol. The second kappa shape index (κ2) is 5.74. The van der Waals surface area contributed by atoms with Gasteiger partial charge in [0, 0.05) is 30.7 Å². The number of methoxy groups -OCH3 is 1. The van der Waals surface area contributed by atoms with Crippen LogP contribution in [0.25, 0.3) is 10.9 Å². The van der Waals surface area contributed by atoms with E-state index in [9.17, 15) is 4.39 Å². The molecule has 0 radical (unpaired) electrons. The Morgan fingerprint density at radius 3 is 2.92 bits per heavy atom. The third-order valence-electron chi connectivity index (χ3n) is 4.54. The van der Waals surface area contributed by atoms with E-state index < -0.39 is 5.82 Å². The highest BCUT2D eigenvalue weighted by molar-refractivity contribution is 5.91. The first-order valence-electron chi connectivity index (χ1n) is 7.91. The predicted octanol–water partition coefficient (Wildman–Crippen LogP) is 2.85. The smallest absolute Gasteiger partial charge is 0.191 e. The number of benzene rings is 1. The highest BCUT2D eigenvalue weighted by atomic mass is 19.1. The number of rotatable bonds is 3. The first-order valence-corrected chi connectivity index (χ1v) is 7.91. The highest BCUT2D eigenvalue weighted by Gasteiger charge is 2.29. The lowest BCUT2D eigenvalue weighted by molar-refractivity contribution is 0.388. The van der Waals surface area contributed by atoms with Crippen molar-refractivity contribution in [1.82, 2.24) is 19.7 Å². The molecule has 1 fully saturated rings. The molecule has 0 spiro atoms. The van der Waals surface area contributed by atoms with Gasteiger partial charge < -0.3 is 9.64 Å². The number of fused-ring (bicyclic) bond motifs is 1. The number of hydrogen-bond acceptors (Lipinski definition) is 5. The van der Waals surface area contributed by atoms with Crippen LogP contribution in [0, 0.1) is 5.82 Å². The second-order valence-electron chi connectivity index (χ2n) is 5.97. The summed E-state index contributed by atoms with van der Waals surface area (Å²) in [7, 11) is 3.36. The van der Waals surface area contributed by atoms with E-state index in [-0.39, 0.29) is 17.3 Å². The van der Waals surface area contributed by atoms with Crippen molar-refractivity contribution in [2.45, 2.75) is 18.9 Å². The van der Waals surface area contributed by atoms with Crippen LogP contribution in [0.1, 0.15) is 24.4 Å². The van der Waals surface area contributed by atoms with Crippen LogP contribution in [0.2, 0.25) is 0 Å². The topological polar surface area (TPSA) is 56.1 Å². The first kappa shape index (κ1) is 14.9. The average molecular weight is 327 g/mol. The summed E-state index contributed by atoms with van der Waals surface area (Å²) in [6.45, 7) is 0.874. The van der Waals surface area contributed by atoms with Gasteiger partial charge in [-0.1, -0.05) is 0 Å². The number of anilines is 1. The number of ether oxygens (including phenoxy) is 1. The normalized spacial score (nSPS) is 17.6. The molecule has 24 heavy (non-hydrogen) atoms. The van der Waals surface area contributed by atoms with Crippen molar-refractivity contribution in [2.24, 2.45) is 7.05 Å². The van der Waals surface area contributed by atoms with Gasteiger partial charge in [0.15, 0.2) is 11.6 Å². The van der Waals surface area contributed by atoms with Crippen LogP contribution in [0.15, 0.2) is 30.9 Å². The van der Waals surface area contributed by atoms with Crippen LogP contribution < -0.4 is 9.64 Å². The van der Waals surface area contributed by atoms with Crippen LogP contribution in [0.4, 0.5) is 10.2 Å². The molecule has 6 nitrogen and oxygen atoms in total. The maximum atomic E-state index is 14.5. The van der Waals surface area contributed by atoms with E-state index >= 15 is 0 Å². The van der Waals surface area contributed by atoms with Gasteiger partial charge >= 0.3 is 0 Å². The molecule has 3 aromatic rings. The molecule has 0 saturated carbocycles. The third-order valence-corrected chi connectivity index (χ3v) is 4.54. The van der Waals surface area contributed by atoms with Crippen LogP contribution in [-0.2, 0) is 7.05 Å². The molecule has 1 aliphatic rings. The van der Waals surface area contributed by atoms with E-state index in [1.165, 1.54) is 13.4 Å². The number of nitrogens with zero attached hydrogens (tertiary/aromatic N) is 5. The molecule has 0 bridgehead atoms.